The Morgan fingerprint density at radius 1 is 1.05 bits per heavy atom. The zero-order valence-corrected chi connectivity index (χ0v) is 32.4. The zero-order chi connectivity index (χ0) is 39.2. The number of amides is 4. The summed E-state index contributed by atoms with van der Waals surface area (Å²) < 4.78 is 13.8. The monoisotopic (exact) mass is 786 g/mol. The molecule has 2 saturated heterocycles. The van der Waals surface area contributed by atoms with Crippen molar-refractivity contribution in [3.8, 4) is 27.8 Å². The van der Waals surface area contributed by atoms with Gasteiger partial charge in [0.1, 0.15) is 28.8 Å². The van der Waals surface area contributed by atoms with Gasteiger partial charge < -0.3 is 19.7 Å². The number of carboxylic acids is 1. The molecule has 55 heavy (non-hydrogen) atoms. The summed E-state index contributed by atoms with van der Waals surface area (Å²) in [4.78, 5) is 72.3. The summed E-state index contributed by atoms with van der Waals surface area (Å²) in [6, 6.07) is 10.4. The third kappa shape index (κ3) is 5.39. The van der Waals surface area contributed by atoms with E-state index in [-0.39, 0.29) is 61.0 Å². The Bertz CT molecular complexity index is 2380. The van der Waals surface area contributed by atoms with Crippen LogP contribution in [0.3, 0.4) is 0 Å². The topological polar surface area (TPSA) is 169 Å². The summed E-state index contributed by atoms with van der Waals surface area (Å²) in [5.41, 5.74) is 1.02. The number of benzene rings is 2. The molecule has 0 radical (unpaired) electrons. The van der Waals surface area contributed by atoms with Crippen LogP contribution in [0.1, 0.15) is 49.7 Å². The Hall–Kier alpha value is -5.21. The van der Waals surface area contributed by atoms with Crippen molar-refractivity contribution in [3.05, 3.63) is 64.2 Å². The minimum Gasteiger partial charge on any atom is -0.507 e. The van der Waals surface area contributed by atoms with Gasteiger partial charge in [-0.05, 0) is 68.2 Å². The molecule has 4 aliphatic rings. The number of allylic oxidation sites excluding steroid dienone is 2. The number of methoxy groups -OCH3 is 2. The number of phenols is 1. The molecule has 0 bridgehead atoms. The first-order valence-corrected chi connectivity index (χ1v) is 19.2. The molecule has 0 unspecified atom stereocenters. The summed E-state index contributed by atoms with van der Waals surface area (Å²) >= 11 is 7.84. The van der Waals surface area contributed by atoms with Gasteiger partial charge in [0.05, 0.1) is 42.3 Å². The Morgan fingerprint density at radius 3 is 2.53 bits per heavy atom. The van der Waals surface area contributed by atoms with Gasteiger partial charge in [-0.25, -0.2) is 4.90 Å². The van der Waals surface area contributed by atoms with Crippen molar-refractivity contribution >= 4 is 68.4 Å². The second-order valence-corrected chi connectivity index (χ2v) is 16.4. The number of phenolic OH excluding ortho intramolecular Hbond substituents is 1. The molecule has 8 rings (SSSR count). The van der Waals surface area contributed by atoms with Crippen LogP contribution < -0.4 is 14.4 Å². The van der Waals surface area contributed by atoms with Crippen LogP contribution in [0.2, 0.25) is 5.02 Å². The number of rotatable bonds is 9. The first-order valence-electron chi connectivity index (χ1n) is 18.0. The van der Waals surface area contributed by atoms with E-state index in [4.69, 9.17) is 26.2 Å². The molecule has 6 atom stereocenters. The minimum atomic E-state index is -1.47. The maximum atomic E-state index is 15.2. The number of hydrogen-bond donors (Lipinski definition) is 2. The predicted octanol–water partition coefficient (Wildman–Crippen LogP) is 6.08. The minimum absolute atomic E-state index is 0.0307. The van der Waals surface area contributed by atoms with E-state index in [1.807, 2.05) is 31.2 Å². The van der Waals surface area contributed by atoms with Gasteiger partial charge in [0, 0.05) is 59.4 Å². The maximum absolute atomic E-state index is 15.2. The second kappa shape index (κ2) is 13.2. The van der Waals surface area contributed by atoms with Gasteiger partial charge in [0.2, 0.25) is 23.6 Å². The lowest BCUT2D eigenvalue weighted by atomic mass is 9.51. The molecule has 2 aromatic heterocycles. The number of likely N-dealkylation sites (tertiary alicyclic amines) is 1. The van der Waals surface area contributed by atoms with E-state index in [9.17, 15) is 29.4 Å². The fraction of sp³-hybridized carbons (Fsp3) is 0.400. The van der Waals surface area contributed by atoms with E-state index in [0.29, 0.717) is 22.0 Å². The number of anilines is 1. The Labute approximate surface area is 325 Å². The van der Waals surface area contributed by atoms with Crippen LogP contribution in [0, 0.1) is 36.0 Å². The van der Waals surface area contributed by atoms with Crippen LogP contribution in [-0.4, -0.2) is 75.3 Å². The van der Waals surface area contributed by atoms with Crippen molar-refractivity contribution in [2.75, 3.05) is 25.7 Å². The van der Waals surface area contributed by atoms with Gasteiger partial charge >= 0.3 is 5.97 Å². The lowest BCUT2D eigenvalue weighted by Gasteiger charge is -2.49. The summed E-state index contributed by atoms with van der Waals surface area (Å²) in [7, 11) is 4.56. The number of aromatic hydroxyl groups is 1. The average Bonchev–Trinajstić information content (AvgIpc) is 3.82. The van der Waals surface area contributed by atoms with E-state index in [2.05, 4.69) is 0 Å². The molecule has 286 valence electrons. The molecule has 4 aromatic rings. The van der Waals surface area contributed by atoms with Crippen molar-refractivity contribution in [3.63, 3.8) is 0 Å². The molecular weight excluding hydrogens is 748 g/mol. The van der Waals surface area contributed by atoms with Crippen LogP contribution in [0.25, 0.3) is 20.7 Å². The van der Waals surface area contributed by atoms with Gasteiger partial charge in [-0.2, -0.15) is 5.10 Å². The number of carbonyl (C=O) groups is 5. The van der Waals surface area contributed by atoms with Gasteiger partial charge in [0.25, 0.3) is 0 Å². The SMILES string of the molecule is COc1cc(O)c([C@H]2C3=CC[C@@H]4C(=O)N(CCCC(=O)O)C(=O)[C@@H]4[C@@H]3C[C@H]3C(=O)N(c4cc(-c5sc6ccc(Cl)cc6c5C)nn4C)C(=O)[C@@]23C)c(OC)c1. The number of thiophene rings is 1. The lowest BCUT2D eigenvalue weighted by Crippen LogP contribution is -2.49. The number of nitrogens with zero attached hydrogens (tertiary/aromatic N) is 4. The van der Waals surface area contributed by atoms with E-state index in [0.717, 1.165) is 25.4 Å². The number of aromatic nitrogens is 2. The highest BCUT2D eigenvalue weighted by Crippen LogP contribution is 2.65. The molecule has 1 saturated carbocycles. The molecule has 2 N–H and O–H groups in total. The van der Waals surface area contributed by atoms with Crippen molar-refractivity contribution in [1.82, 2.24) is 14.7 Å². The smallest absolute Gasteiger partial charge is 0.303 e. The number of carboxylic acid groups (broad SMARTS) is 1. The van der Waals surface area contributed by atoms with Crippen molar-refractivity contribution in [2.24, 2.45) is 36.1 Å². The van der Waals surface area contributed by atoms with Crippen LogP contribution in [0.4, 0.5) is 5.82 Å². The number of fused-ring (bicyclic) bond motifs is 5. The summed E-state index contributed by atoms with van der Waals surface area (Å²) in [6.07, 6.45) is 2.09. The molecule has 0 spiro atoms. The standard InChI is InChI=1S/C40H39ClN4O9S/c1-18-23-13-19(41)8-11-29(23)55-35(18)26-17-30(43(3)42-26)45-37(50)25-16-24-21(9-10-22-32(24)38(51)44(36(22)49)12-6-7-31(47)48)34(40(25,2)39(45)52)33-27(46)14-20(53-4)15-28(33)54-5/h8-9,11,13-15,17,22,24-25,32,34,46H,6-7,10,12,16H2,1-5H3,(H,47,48)/t22-,24+,25-,32-,34+,40+/m0/s1. The Morgan fingerprint density at radius 2 is 1.82 bits per heavy atom. The van der Waals surface area contributed by atoms with Crippen molar-refractivity contribution < 1.29 is 43.7 Å². The van der Waals surface area contributed by atoms with Gasteiger partial charge in [0.15, 0.2) is 0 Å². The normalized spacial score (nSPS) is 26.0. The van der Waals surface area contributed by atoms with E-state index >= 15 is 4.79 Å². The largest absolute Gasteiger partial charge is 0.507 e. The fourth-order valence-corrected chi connectivity index (χ4v) is 10.9. The zero-order valence-electron chi connectivity index (χ0n) is 30.8. The van der Waals surface area contributed by atoms with Crippen LogP contribution in [0.5, 0.6) is 17.2 Å². The second-order valence-electron chi connectivity index (χ2n) is 15.0. The first-order chi connectivity index (χ1) is 26.2. The van der Waals surface area contributed by atoms with E-state index in [1.54, 1.807) is 26.1 Å². The average molecular weight is 787 g/mol. The quantitative estimate of drug-likeness (QED) is 0.150. The first kappa shape index (κ1) is 36.8. The lowest BCUT2D eigenvalue weighted by molar-refractivity contribution is -0.142. The summed E-state index contributed by atoms with van der Waals surface area (Å²) in [5.74, 6) is -6.27. The highest BCUT2D eigenvalue weighted by Gasteiger charge is 2.68. The van der Waals surface area contributed by atoms with Crippen molar-refractivity contribution in [2.45, 2.75) is 45.4 Å². The van der Waals surface area contributed by atoms with Gasteiger partial charge in [-0.3, -0.25) is 33.6 Å². The number of aliphatic carboxylic acids is 1. The number of imide groups is 2. The van der Waals surface area contributed by atoms with Crippen LogP contribution >= 0.6 is 22.9 Å². The fourth-order valence-electron chi connectivity index (χ4n) is 9.60. The molecule has 4 heterocycles. The summed E-state index contributed by atoms with van der Waals surface area (Å²) in [5, 5.41) is 27.2. The highest BCUT2D eigenvalue weighted by atomic mass is 35.5. The predicted molar refractivity (Wildman–Crippen MR) is 203 cm³/mol. The number of aryl methyl sites for hydroxylation is 2. The molecule has 2 aromatic carbocycles. The Kier molecular flexibility index (Phi) is 8.84. The van der Waals surface area contributed by atoms with E-state index < -0.39 is 58.7 Å². The Balaban J connectivity index is 1.25. The number of hydrogen-bond acceptors (Lipinski definition) is 10. The summed E-state index contributed by atoms with van der Waals surface area (Å²) in [6.45, 7) is 3.67. The molecule has 2 aliphatic heterocycles. The van der Waals surface area contributed by atoms with Crippen molar-refractivity contribution in [1.29, 1.82) is 0 Å². The maximum Gasteiger partial charge on any atom is 0.303 e. The molecule has 3 fully saturated rings. The molecule has 13 nitrogen and oxygen atoms in total. The highest BCUT2D eigenvalue weighted by molar-refractivity contribution is 7.22. The molecular formula is C40H39ClN4O9S. The van der Waals surface area contributed by atoms with Gasteiger partial charge in [-0.15, -0.1) is 11.3 Å². The molecule has 2 aliphatic carbocycles. The molecule has 4 amide bonds. The van der Waals surface area contributed by atoms with E-state index in [1.165, 1.54) is 41.2 Å². The third-order valence-electron chi connectivity index (χ3n) is 12.2. The van der Waals surface area contributed by atoms with Crippen LogP contribution in [0.15, 0.2) is 48.0 Å². The molecule has 15 heteroatoms. The van der Waals surface area contributed by atoms with Gasteiger partial charge in [-0.1, -0.05) is 23.3 Å². The third-order valence-corrected chi connectivity index (χ3v) is 13.7. The number of halogens is 1. The number of ether oxygens (including phenoxy) is 2. The number of carbonyl (C=O) groups excluding carboxylic acids is 4. The van der Waals surface area contributed by atoms with Crippen LogP contribution in [-0.2, 0) is 31.0 Å².